The van der Waals surface area contributed by atoms with Crippen LogP contribution < -0.4 is 5.73 Å². The fraction of sp³-hybridized carbons (Fsp3) is 0.800. The highest BCUT2D eigenvalue weighted by atomic mass is 32.2. The van der Waals surface area contributed by atoms with E-state index in [-0.39, 0.29) is 11.4 Å². The summed E-state index contributed by atoms with van der Waals surface area (Å²) in [5.41, 5.74) is 5.62. The molecule has 3 N–H and O–H groups in total. The molecule has 0 aromatic carbocycles. The van der Waals surface area contributed by atoms with Gasteiger partial charge in [0.1, 0.15) is 0 Å². The lowest BCUT2D eigenvalue weighted by Crippen LogP contribution is -2.21. The first kappa shape index (κ1) is 11.7. The molecule has 1 aromatic heterocycles. The molecule has 2 unspecified atom stereocenters. The van der Waals surface area contributed by atoms with E-state index < -0.39 is 0 Å². The zero-order valence-electron chi connectivity index (χ0n) is 9.46. The second-order valence-corrected chi connectivity index (χ2v) is 5.47. The minimum Gasteiger partial charge on any atom is -0.392 e. The predicted octanol–water partition coefficient (Wildman–Crippen LogP) is 1.18. The summed E-state index contributed by atoms with van der Waals surface area (Å²) in [4.78, 5) is 0. The van der Waals surface area contributed by atoms with Crippen LogP contribution in [0.15, 0.2) is 5.16 Å². The lowest BCUT2D eigenvalue weighted by atomic mass is 10.1. The lowest BCUT2D eigenvalue weighted by molar-refractivity contribution is 0.163. The SMILES string of the molecule is Cn1c(N)nnc1SC1CCCCCC1O. The molecular formula is C10H18N4OS. The molecule has 1 aliphatic rings. The normalized spacial score (nSPS) is 26.6. The van der Waals surface area contributed by atoms with Crippen molar-refractivity contribution in [3.05, 3.63) is 0 Å². The van der Waals surface area contributed by atoms with Crippen molar-refractivity contribution in [1.82, 2.24) is 14.8 Å². The van der Waals surface area contributed by atoms with Gasteiger partial charge in [-0.2, -0.15) is 0 Å². The minimum atomic E-state index is -0.231. The van der Waals surface area contributed by atoms with Crippen LogP contribution >= 0.6 is 11.8 Å². The van der Waals surface area contributed by atoms with Crippen molar-refractivity contribution in [2.45, 2.75) is 48.6 Å². The molecule has 1 aliphatic carbocycles. The monoisotopic (exact) mass is 242 g/mol. The number of nitrogens with zero attached hydrogens (tertiary/aromatic N) is 3. The molecule has 1 fully saturated rings. The van der Waals surface area contributed by atoms with Gasteiger partial charge in [0, 0.05) is 12.3 Å². The number of hydrogen-bond donors (Lipinski definition) is 2. The summed E-state index contributed by atoms with van der Waals surface area (Å²) in [5.74, 6) is 0.422. The summed E-state index contributed by atoms with van der Waals surface area (Å²) >= 11 is 1.59. The van der Waals surface area contributed by atoms with Crippen LogP contribution in [0.4, 0.5) is 5.95 Å². The number of hydrogen-bond acceptors (Lipinski definition) is 5. The van der Waals surface area contributed by atoms with Gasteiger partial charge < -0.3 is 10.8 Å². The zero-order valence-corrected chi connectivity index (χ0v) is 10.3. The molecule has 1 saturated carbocycles. The molecular weight excluding hydrogens is 224 g/mol. The Kier molecular flexibility index (Phi) is 3.70. The Bertz CT molecular complexity index is 355. The van der Waals surface area contributed by atoms with Gasteiger partial charge in [-0.3, -0.25) is 4.57 Å². The average Bonchev–Trinajstić information content (AvgIpc) is 2.48. The maximum Gasteiger partial charge on any atom is 0.222 e. The molecule has 0 saturated heterocycles. The van der Waals surface area contributed by atoms with Crippen LogP contribution in [0, 0.1) is 0 Å². The van der Waals surface area contributed by atoms with Gasteiger partial charge in [0.25, 0.3) is 0 Å². The first-order chi connectivity index (χ1) is 7.68. The molecule has 2 rings (SSSR count). The summed E-state index contributed by atoms with van der Waals surface area (Å²) in [6.45, 7) is 0. The summed E-state index contributed by atoms with van der Waals surface area (Å²) < 4.78 is 1.77. The average molecular weight is 242 g/mol. The summed E-state index contributed by atoms with van der Waals surface area (Å²) in [5, 5.41) is 18.9. The molecule has 0 radical (unpaired) electrons. The number of nitrogens with two attached hydrogens (primary N) is 1. The Morgan fingerprint density at radius 1 is 1.31 bits per heavy atom. The highest BCUT2D eigenvalue weighted by Crippen LogP contribution is 2.32. The highest BCUT2D eigenvalue weighted by molar-refractivity contribution is 7.99. The van der Waals surface area contributed by atoms with Gasteiger partial charge in [-0.05, 0) is 12.8 Å². The van der Waals surface area contributed by atoms with E-state index in [0.717, 1.165) is 24.4 Å². The van der Waals surface area contributed by atoms with Crippen molar-refractivity contribution in [3.8, 4) is 0 Å². The van der Waals surface area contributed by atoms with E-state index >= 15 is 0 Å². The second-order valence-electron chi connectivity index (χ2n) is 4.26. The number of aliphatic hydroxyl groups excluding tert-OH is 1. The Hall–Kier alpha value is -0.750. The Morgan fingerprint density at radius 3 is 2.75 bits per heavy atom. The number of aliphatic hydroxyl groups is 1. The minimum absolute atomic E-state index is 0.227. The van der Waals surface area contributed by atoms with Crippen molar-refractivity contribution in [1.29, 1.82) is 0 Å². The van der Waals surface area contributed by atoms with E-state index in [2.05, 4.69) is 10.2 Å². The molecule has 6 heteroatoms. The molecule has 2 atom stereocenters. The smallest absolute Gasteiger partial charge is 0.222 e. The second kappa shape index (κ2) is 5.05. The predicted molar refractivity (Wildman–Crippen MR) is 64.2 cm³/mol. The Balaban J connectivity index is 2.05. The van der Waals surface area contributed by atoms with Crippen molar-refractivity contribution >= 4 is 17.7 Å². The maximum atomic E-state index is 10.00. The van der Waals surface area contributed by atoms with Crippen LogP contribution in [0.1, 0.15) is 32.1 Å². The standard InChI is InChI=1S/C10H18N4OS/c1-14-9(11)12-13-10(14)16-8-6-4-2-3-5-7(8)15/h7-8,15H,2-6H2,1H3,(H2,11,12). The summed E-state index contributed by atoms with van der Waals surface area (Å²) in [6.07, 6.45) is 5.23. The Morgan fingerprint density at radius 2 is 2.06 bits per heavy atom. The van der Waals surface area contributed by atoms with Gasteiger partial charge in [0.15, 0.2) is 5.16 Å². The number of anilines is 1. The molecule has 5 nitrogen and oxygen atoms in total. The third-order valence-corrected chi connectivity index (χ3v) is 4.46. The molecule has 0 aliphatic heterocycles. The van der Waals surface area contributed by atoms with E-state index in [0.29, 0.717) is 5.95 Å². The number of thioether (sulfide) groups is 1. The van der Waals surface area contributed by atoms with E-state index in [9.17, 15) is 5.11 Å². The van der Waals surface area contributed by atoms with Crippen LogP contribution in [0.25, 0.3) is 0 Å². The van der Waals surface area contributed by atoms with Crippen molar-refractivity contribution in [2.75, 3.05) is 5.73 Å². The van der Waals surface area contributed by atoms with E-state index in [4.69, 9.17) is 5.73 Å². The third-order valence-electron chi connectivity index (χ3n) is 3.04. The van der Waals surface area contributed by atoms with E-state index in [1.165, 1.54) is 12.8 Å². The van der Waals surface area contributed by atoms with Crippen molar-refractivity contribution < 1.29 is 5.11 Å². The third kappa shape index (κ3) is 2.49. The highest BCUT2D eigenvalue weighted by Gasteiger charge is 2.24. The van der Waals surface area contributed by atoms with Gasteiger partial charge in [0.2, 0.25) is 5.95 Å². The lowest BCUT2D eigenvalue weighted by Gasteiger charge is -2.18. The van der Waals surface area contributed by atoms with Crippen LogP contribution in [0.3, 0.4) is 0 Å². The molecule has 0 bridgehead atoms. The van der Waals surface area contributed by atoms with Crippen LogP contribution in [-0.2, 0) is 7.05 Å². The topological polar surface area (TPSA) is 77.0 Å². The largest absolute Gasteiger partial charge is 0.392 e. The Labute approximate surface area is 99.4 Å². The van der Waals surface area contributed by atoms with Crippen molar-refractivity contribution in [2.24, 2.45) is 7.05 Å². The number of rotatable bonds is 2. The van der Waals surface area contributed by atoms with Gasteiger partial charge in [-0.25, -0.2) is 0 Å². The quantitative estimate of drug-likeness (QED) is 0.762. The van der Waals surface area contributed by atoms with Crippen LogP contribution in [0.2, 0.25) is 0 Å². The molecule has 1 heterocycles. The maximum absolute atomic E-state index is 10.00. The molecule has 0 amide bonds. The van der Waals surface area contributed by atoms with Crippen LogP contribution in [0.5, 0.6) is 0 Å². The summed E-state index contributed by atoms with van der Waals surface area (Å²) in [6, 6.07) is 0. The van der Waals surface area contributed by atoms with E-state index in [1.807, 2.05) is 7.05 Å². The van der Waals surface area contributed by atoms with Gasteiger partial charge in [-0.1, -0.05) is 31.0 Å². The molecule has 0 spiro atoms. The van der Waals surface area contributed by atoms with Crippen molar-refractivity contribution in [3.63, 3.8) is 0 Å². The summed E-state index contributed by atoms with van der Waals surface area (Å²) in [7, 11) is 1.85. The fourth-order valence-corrected chi connectivity index (χ4v) is 3.14. The molecule has 1 aromatic rings. The van der Waals surface area contributed by atoms with Gasteiger partial charge in [0.05, 0.1) is 6.10 Å². The number of aromatic nitrogens is 3. The van der Waals surface area contributed by atoms with Crippen LogP contribution in [-0.4, -0.2) is 31.2 Å². The first-order valence-corrected chi connectivity index (χ1v) is 6.56. The zero-order chi connectivity index (χ0) is 11.5. The fourth-order valence-electron chi connectivity index (χ4n) is 1.96. The van der Waals surface area contributed by atoms with E-state index in [1.54, 1.807) is 16.3 Å². The molecule has 90 valence electrons. The van der Waals surface area contributed by atoms with Gasteiger partial charge in [-0.15, -0.1) is 10.2 Å². The number of nitrogen functional groups attached to an aromatic ring is 1. The van der Waals surface area contributed by atoms with Gasteiger partial charge >= 0.3 is 0 Å². The molecule has 16 heavy (non-hydrogen) atoms. The first-order valence-electron chi connectivity index (χ1n) is 5.68.